The normalized spacial score (nSPS) is 16.7. The highest BCUT2D eigenvalue weighted by Crippen LogP contribution is 2.16. The van der Waals surface area contributed by atoms with Crippen LogP contribution in [0.2, 0.25) is 0 Å². The third kappa shape index (κ3) is 1.32. The summed E-state index contributed by atoms with van der Waals surface area (Å²) in [7, 11) is 0. The lowest BCUT2D eigenvalue weighted by Crippen LogP contribution is -1.93. The first-order chi connectivity index (χ1) is 6.42. The van der Waals surface area contributed by atoms with Gasteiger partial charge in [0.05, 0.1) is 11.8 Å². The molecule has 2 rings (SSSR count). The fraction of sp³-hybridized carbons (Fsp3) is 0. The fourth-order valence-electron chi connectivity index (χ4n) is 1.34. The molecule has 0 amide bonds. The Labute approximate surface area is 76.7 Å². The van der Waals surface area contributed by atoms with E-state index in [0.29, 0.717) is 0 Å². The van der Waals surface area contributed by atoms with E-state index in [1.165, 1.54) is 6.08 Å². The molecule has 13 heavy (non-hydrogen) atoms. The summed E-state index contributed by atoms with van der Waals surface area (Å²) in [6.45, 7) is 0. The van der Waals surface area contributed by atoms with Gasteiger partial charge in [-0.25, -0.2) is 0 Å². The van der Waals surface area contributed by atoms with Crippen molar-refractivity contribution < 1.29 is 0 Å². The van der Waals surface area contributed by atoms with Crippen LogP contribution in [0.3, 0.4) is 0 Å². The van der Waals surface area contributed by atoms with Crippen molar-refractivity contribution in [1.29, 1.82) is 5.26 Å². The molecule has 62 valence electrons. The summed E-state index contributed by atoms with van der Waals surface area (Å²) >= 11 is 0. The molecule has 0 atom stereocenters. The first-order valence-electron chi connectivity index (χ1n) is 4.04. The predicted molar refractivity (Wildman–Crippen MR) is 52.5 cm³/mol. The van der Waals surface area contributed by atoms with Crippen molar-refractivity contribution in [2.45, 2.75) is 0 Å². The first-order valence-corrected chi connectivity index (χ1v) is 4.04. The molecule has 0 N–H and O–H groups in total. The topological polar surface area (TPSA) is 28.7 Å². The molecule has 0 aromatic carbocycles. The summed E-state index contributed by atoms with van der Waals surface area (Å²) in [6, 6.07) is 6.00. The maximum absolute atomic E-state index is 8.58. The Bertz CT molecular complexity index is 439. The number of hydrogen-bond donors (Lipinski definition) is 0. The third-order valence-corrected chi connectivity index (χ3v) is 1.92. The van der Waals surface area contributed by atoms with E-state index in [9.17, 15) is 0 Å². The van der Waals surface area contributed by atoms with Gasteiger partial charge in [0.2, 0.25) is 0 Å². The summed E-state index contributed by atoms with van der Waals surface area (Å²) in [4.78, 5) is 0. The lowest BCUT2D eigenvalue weighted by Gasteiger charge is -2.03. The van der Waals surface area contributed by atoms with Crippen LogP contribution in [0.5, 0.6) is 0 Å². The van der Waals surface area contributed by atoms with Crippen molar-refractivity contribution in [3.63, 3.8) is 0 Å². The van der Waals surface area contributed by atoms with Crippen molar-refractivity contribution in [2.75, 3.05) is 0 Å². The predicted octanol–water partition coefficient (Wildman–Crippen LogP) is 2.44. The molecule has 1 aliphatic rings. The van der Waals surface area contributed by atoms with E-state index in [1.807, 2.05) is 53.3 Å². The second-order valence-corrected chi connectivity index (χ2v) is 2.72. The zero-order valence-electron chi connectivity index (χ0n) is 7.01. The quantitative estimate of drug-likeness (QED) is 0.547. The van der Waals surface area contributed by atoms with Crippen molar-refractivity contribution in [1.82, 2.24) is 4.57 Å². The Kier molecular flexibility index (Phi) is 1.85. The van der Waals surface area contributed by atoms with Crippen molar-refractivity contribution >= 4 is 11.8 Å². The van der Waals surface area contributed by atoms with Crippen LogP contribution in [0.4, 0.5) is 0 Å². The maximum Gasteiger partial charge on any atom is 0.0934 e. The highest BCUT2D eigenvalue weighted by atomic mass is 15.0. The number of aromatic nitrogens is 1. The Hall–Kier alpha value is -2.01. The van der Waals surface area contributed by atoms with Crippen molar-refractivity contribution in [2.24, 2.45) is 0 Å². The first kappa shape index (κ1) is 7.63. The number of rotatable bonds is 0. The number of nitriles is 1. The van der Waals surface area contributed by atoms with Gasteiger partial charge >= 0.3 is 0 Å². The molecule has 0 radical (unpaired) electrons. The lowest BCUT2D eigenvalue weighted by molar-refractivity contribution is 1.11. The van der Waals surface area contributed by atoms with Gasteiger partial charge in [-0.15, -0.1) is 0 Å². The summed E-state index contributed by atoms with van der Waals surface area (Å²) in [5.41, 5.74) is 1.99. The van der Waals surface area contributed by atoms with Crippen molar-refractivity contribution in [3.05, 3.63) is 48.3 Å². The second-order valence-electron chi connectivity index (χ2n) is 2.72. The van der Waals surface area contributed by atoms with E-state index in [4.69, 9.17) is 5.26 Å². The van der Waals surface area contributed by atoms with Gasteiger partial charge in [0.15, 0.2) is 0 Å². The average molecular weight is 168 g/mol. The largest absolute Gasteiger partial charge is 0.316 e. The van der Waals surface area contributed by atoms with E-state index < -0.39 is 0 Å². The van der Waals surface area contributed by atoms with Crippen LogP contribution in [-0.4, -0.2) is 4.57 Å². The number of nitrogens with zero attached hydrogens (tertiary/aromatic N) is 2. The molecule has 0 fully saturated rings. The minimum Gasteiger partial charge on any atom is -0.316 e. The smallest absolute Gasteiger partial charge is 0.0934 e. The SMILES string of the molecule is N#CC=C1C=CC=Cc2cccn21. The molecule has 1 aliphatic heterocycles. The molecule has 0 saturated heterocycles. The monoisotopic (exact) mass is 168 g/mol. The van der Waals surface area contributed by atoms with Gasteiger partial charge in [-0.05, 0) is 24.3 Å². The van der Waals surface area contributed by atoms with E-state index in [0.717, 1.165) is 11.4 Å². The second kappa shape index (κ2) is 3.16. The highest BCUT2D eigenvalue weighted by Gasteiger charge is 2.01. The zero-order chi connectivity index (χ0) is 9.10. The van der Waals surface area contributed by atoms with Gasteiger partial charge in [-0.3, -0.25) is 0 Å². The summed E-state index contributed by atoms with van der Waals surface area (Å²) in [5.74, 6) is 0. The van der Waals surface area contributed by atoms with Crippen LogP contribution < -0.4 is 0 Å². The molecule has 0 spiro atoms. The van der Waals surface area contributed by atoms with Crippen LogP contribution in [0, 0.1) is 11.3 Å². The molecule has 0 aliphatic carbocycles. The van der Waals surface area contributed by atoms with E-state index >= 15 is 0 Å². The van der Waals surface area contributed by atoms with E-state index in [2.05, 4.69) is 0 Å². The molecular weight excluding hydrogens is 160 g/mol. The molecule has 2 heterocycles. The number of allylic oxidation sites excluding steroid dienone is 5. The fourth-order valence-corrected chi connectivity index (χ4v) is 1.34. The minimum absolute atomic E-state index is 0.896. The van der Waals surface area contributed by atoms with Crippen LogP contribution in [-0.2, 0) is 0 Å². The maximum atomic E-state index is 8.58. The molecule has 0 saturated carbocycles. The van der Waals surface area contributed by atoms with E-state index in [-0.39, 0.29) is 0 Å². The Morgan fingerprint density at radius 1 is 1.31 bits per heavy atom. The molecule has 2 nitrogen and oxygen atoms in total. The molecule has 1 aromatic rings. The molecule has 1 aromatic heterocycles. The minimum atomic E-state index is 0.896. The zero-order valence-corrected chi connectivity index (χ0v) is 7.01. The summed E-state index contributed by atoms with van der Waals surface area (Å²) in [5, 5.41) is 8.58. The van der Waals surface area contributed by atoms with Gasteiger partial charge < -0.3 is 4.57 Å². The lowest BCUT2D eigenvalue weighted by atomic mass is 10.3. The van der Waals surface area contributed by atoms with Gasteiger partial charge in [0.25, 0.3) is 0 Å². The third-order valence-electron chi connectivity index (χ3n) is 1.92. The van der Waals surface area contributed by atoms with Crippen LogP contribution >= 0.6 is 0 Å². The Balaban J connectivity index is 2.59. The van der Waals surface area contributed by atoms with Gasteiger partial charge in [-0.2, -0.15) is 5.26 Å². The summed E-state index contributed by atoms with van der Waals surface area (Å²) < 4.78 is 1.98. The van der Waals surface area contributed by atoms with E-state index in [1.54, 1.807) is 0 Å². The Morgan fingerprint density at radius 2 is 2.15 bits per heavy atom. The molecule has 2 heteroatoms. The number of fused-ring (bicyclic) bond motifs is 1. The standard InChI is InChI=1S/C11H8N2/c12-8-7-11-5-2-1-4-10-6-3-9-13(10)11/h1-7,9H. The molecule has 0 bridgehead atoms. The number of hydrogen-bond acceptors (Lipinski definition) is 1. The van der Waals surface area contributed by atoms with Gasteiger partial charge in [0.1, 0.15) is 0 Å². The molecular formula is C11H8N2. The van der Waals surface area contributed by atoms with Crippen LogP contribution in [0.15, 0.2) is 42.6 Å². The Morgan fingerprint density at radius 3 is 3.00 bits per heavy atom. The van der Waals surface area contributed by atoms with Crippen molar-refractivity contribution in [3.8, 4) is 6.07 Å². The highest BCUT2D eigenvalue weighted by molar-refractivity contribution is 5.68. The summed E-state index contributed by atoms with van der Waals surface area (Å²) in [6.07, 6.45) is 11.3. The van der Waals surface area contributed by atoms with Crippen LogP contribution in [0.1, 0.15) is 5.69 Å². The van der Waals surface area contributed by atoms with Crippen LogP contribution in [0.25, 0.3) is 11.8 Å². The average Bonchev–Trinajstić information content (AvgIpc) is 2.52. The molecule has 0 unspecified atom stereocenters. The van der Waals surface area contributed by atoms with Gasteiger partial charge in [-0.1, -0.05) is 12.2 Å². The van der Waals surface area contributed by atoms with Gasteiger partial charge in [0, 0.05) is 18.0 Å².